The zero-order valence-electron chi connectivity index (χ0n) is 13.7. The molecule has 134 valence electrons. The first-order chi connectivity index (χ1) is 11.7. The van der Waals surface area contributed by atoms with Gasteiger partial charge in [-0.15, -0.1) is 0 Å². The Labute approximate surface area is 146 Å². The molecule has 2 heterocycles. The highest BCUT2D eigenvalue weighted by Crippen LogP contribution is 2.30. The summed E-state index contributed by atoms with van der Waals surface area (Å²) in [4.78, 5) is 3.57. The molecule has 0 saturated carbocycles. The van der Waals surface area contributed by atoms with Crippen molar-refractivity contribution in [2.45, 2.75) is 24.3 Å². The van der Waals surface area contributed by atoms with E-state index >= 15 is 0 Å². The minimum absolute atomic E-state index is 0.207. The Hall–Kier alpha value is -0.890. The van der Waals surface area contributed by atoms with Gasteiger partial charge in [-0.25, -0.2) is 4.31 Å². The Balaban J connectivity index is 1.40. The molecule has 4 nitrogen and oxygen atoms in total. The first kappa shape index (κ1) is 17.9. The van der Waals surface area contributed by atoms with E-state index in [0.29, 0.717) is 0 Å². The largest absolute Gasteiger partial charge is 0.435 e. The van der Waals surface area contributed by atoms with Gasteiger partial charge in [-0.2, -0.15) is 8.78 Å². The second-order valence-electron chi connectivity index (χ2n) is 6.23. The van der Waals surface area contributed by atoms with Crippen LogP contribution in [-0.4, -0.2) is 61.8 Å². The van der Waals surface area contributed by atoms with Gasteiger partial charge in [-0.1, -0.05) is 0 Å². The fourth-order valence-corrected chi connectivity index (χ4v) is 4.11. The summed E-state index contributed by atoms with van der Waals surface area (Å²) in [6.45, 7) is 4.38. The standard InChI is InChI=1S/C17H24F2N2O2S/c18-17(19)23-15-1-3-16(4-2-15)24-21-7-5-14(6-8-21)13-20-9-11-22-12-10-20/h1-4,14,17H,5-13H2. The van der Waals surface area contributed by atoms with Crippen molar-refractivity contribution in [3.63, 3.8) is 0 Å². The number of hydrogen-bond donors (Lipinski definition) is 0. The summed E-state index contributed by atoms with van der Waals surface area (Å²) >= 11 is 1.70. The Kier molecular flexibility index (Phi) is 6.71. The molecule has 2 saturated heterocycles. The number of hydrogen-bond acceptors (Lipinski definition) is 5. The van der Waals surface area contributed by atoms with Gasteiger partial charge in [0.1, 0.15) is 5.75 Å². The zero-order chi connectivity index (χ0) is 16.8. The molecule has 0 bridgehead atoms. The molecule has 0 radical (unpaired) electrons. The van der Waals surface area contributed by atoms with E-state index in [1.54, 1.807) is 24.1 Å². The van der Waals surface area contributed by atoms with Crippen molar-refractivity contribution in [1.82, 2.24) is 9.21 Å². The monoisotopic (exact) mass is 358 g/mol. The molecular weight excluding hydrogens is 334 g/mol. The number of halogens is 2. The van der Waals surface area contributed by atoms with Crippen molar-refractivity contribution in [2.75, 3.05) is 45.9 Å². The van der Waals surface area contributed by atoms with Crippen molar-refractivity contribution in [3.8, 4) is 5.75 Å². The molecular formula is C17H24F2N2O2S. The summed E-state index contributed by atoms with van der Waals surface area (Å²) in [7, 11) is 0. The van der Waals surface area contributed by atoms with Crippen LogP contribution in [0.5, 0.6) is 5.75 Å². The average Bonchev–Trinajstić information content (AvgIpc) is 2.59. The lowest BCUT2D eigenvalue weighted by molar-refractivity contribution is -0.0498. The molecule has 0 N–H and O–H groups in total. The Bertz CT molecular complexity index is 490. The molecule has 2 fully saturated rings. The summed E-state index contributed by atoms with van der Waals surface area (Å²) < 4.78 is 36.4. The van der Waals surface area contributed by atoms with E-state index < -0.39 is 6.61 Å². The molecule has 0 amide bonds. The van der Waals surface area contributed by atoms with E-state index in [9.17, 15) is 8.78 Å². The third kappa shape index (κ3) is 5.58. The molecule has 0 aromatic heterocycles. The SMILES string of the molecule is FC(F)Oc1ccc(SN2CCC(CN3CCOCC3)CC2)cc1. The number of ether oxygens (including phenoxy) is 2. The molecule has 7 heteroatoms. The fourth-order valence-electron chi connectivity index (χ4n) is 3.16. The first-order valence-corrected chi connectivity index (χ1v) is 9.24. The van der Waals surface area contributed by atoms with Crippen LogP contribution in [0.3, 0.4) is 0 Å². The predicted octanol–water partition coefficient (Wildman–Crippen LogP) is 3.34. The second kappa shape index (κ2) is 8.99. The van der Waals surface area contributed by atoms with Crippen molar-refractivity contribution in [1.29, 1.82) is 0 Å². The van der Waals surface area contributed by atoms with Gasteiger partial charge >= 0.3 is 6.61 Å². The predicted molar refractivity (Wildman–Crippen MR) is 90.5 cm³/mol. The van der Waals surface area contributed by atoms with Crippen LogP contribution >= 0.6 is 11.9 Å². The van der Waals surface area contributed by atoms with E-state index in [0.717, 1.165) is 50.2 Å². The van der Waals surface area contributed by atoms with E-state index in [2.05, 4.69) is 13.9 Å². The molecule has 2 aliphatic heterocycles. The second-order valence-corrected chi connectivity index (χ2v) is 7.40. The molecule has 24 heavy (non-hydrogen) atoms. The van der Waals surface area contributed by atoms with Crippen molar-refractivity contribution >= 4 is 11.9 Å². The van der Waals surface area contributed by atoms with Gasteiger partial charge in [0.15, 0.2) is 0 Å². The third-order valence-corrected chi connectivity index (χ3v) is 5.58. The quantitative estimate of drug-likeness (QED) is 0.727. The van der Waals surface area contributed by atoms with Crippen LogP contribution in [0.2, 0.25) is 0 Å². The normalized spacial score (nSPS) is 21.3. The number of benzene rings is 1. The van der Waals surface area contributed by atoms with Crippen LogP contribution < -0.4 is 4.74 Å². The number of alkyl halides is 2. The summed E-state index contributed by atoms with van der Waals surface area (Å²) in [6, 6.07) is 6.86. The van der Waals surface area contributed by atoms with E-state index in [1.165, 1.54) is 19.4 Å². The fraction of sp³-hybridized carbons (Fsp3) is 0.647. The van der Waals surface area contributed by atoms with E-state index in [-0.39, 0.29) is 5.75 Å². The van der Waals surface area contributed by atoms with Crippen LogP contribution in [0.1, 0.15) is 12.8 Å². The van der Waals surface area contributed by atoms with Gasteiger partial charge in [-0.3, -0.25) is 4.90 Å². The number of nitrogens with zero attached hydrogens (tertiary/aromatic N) is 2. The van der Waals surface area contributed by atoms with Crippen LogP contribution in [0.25, 0.3) is 0 Å². The average molecular weight is 358 g/mol. The molecule has 0 spiro atoms. The van der Waals surface area contributed by atoms with Gasteiger partial charge in [0.2, 0.25) is 0 Å². The molecule has 3 rings (SSSR count). The molecule has 0 aliphatic carbocycles. The van der Waals surface area contributed by atoms with Crippen LogP contribution in [0.4, 0.5) is 8.78 Å². The van der Waals surface area contributed by atoms with Crippen molar-refractivity contribution in [2.24, 2.45) is 5.92 Å². The van der Waals surface area contributed by atoms with Gasteiger partial charge in [0, 0.05) is 37.6 Å². The summed E-state index contributed by atoms with van der Waals surface area (Å²) in [5.41, 5.74) is 0. The Morgan fingerprint density at radius 2 is 1.75 bits per heavy atom. The molecule has 1 aromatic carbocycles. The lowest BCUT2D eigenvalue weighted by Crippen LogP contribution is -2.41. The highest BCUT2D eigenvalue weighted by molar-refractivity contribution is 7.97. The highest BCUT2D eigenvalue weighted by Gasteiger charge is 2.23. The maximum atomic E-state index is 12.2. The minimum Gasteiger partial charge on any atom is -0.435 e. The number of piperidine rings is 1. The number of rotatable bonds is 6. The van der Waals surface area contributed by atoms with Crippen molar-refractivity contribution < 1.29 is 18.3 Å². The van der Waals surface area contributed by atoms with Gasteiger partial charge in [0.25, 0.3) is 0 Å². The van der Waals surface area contributed by atoms with E-state index in [1.807, 2.05) is 12.1 Å². The zero-order valence-corrected chi connectivity index (χ0v) is 14.5. The van der Waals surface area contributed by atoms with Crippen LogP contribution in [0.15, 0.2) is 29.2 Å². The topological polar surface area (TPSA) is 24.9 Å². The Morgan fingerprint density at radius 3 is 2.38 bits per heavy atom. The Morgan fingerprint density at radius 1 is 1.08 bits per heavy atom. The lowest BCUT2D eigenvalue weighted by Gasteiger charge is -2.35. The summed E-state index contributed by atoms with van der Waals surface area (Å²) in [5.74, 6) is 0.973. The molecule has 1 aromatic rings. The maximum Gasteiger partial charge on any atom is 0.387 e. The van der Waals surface area contributed by atoms with E-state index in [4.69, 9.17) is 4.74 Å². The van der Waals surface area contributed by atoms with Gasteiger partial charge in [-0.05, 0) is 55.0 Å². The molecule has 0 atom stereocenters. The van der Waals surface area contributed by atoms with Crippen LogP contribution in [0, 0.1) is 5.92 Å². The number of morpholine rings is 1. The maximum absolute atomic E-state index is 12.2. The first-order valence-electron chi connectivity index (χ1n) is 8.47. The lowest BCUT2D eigenvalue weighted by atomic mass is 9.97. The third-order valence-electron chi connectivity index (χ3n) is 4.48. The van der Waals surface area contributed by atoms with Gasteiger partial charge in [0.05, 0.1) is 13.2 Å². The summed E-state index contributed by atoms with van der Waals surface area (Å²) in [5, 5.41) is 0. The van der Waals surface area contributed by atoms with Crippen molar-refractivity contribution in [3.05, 3.63) is 24.3 Å². The van der Waals surface area contributed by atoms with Gasteiger partial charge < -0.3 is 9.47 Å². The molecule has 2 aliphatic rings. The summed E-state index contributed by atoms with van der Waals surface area (Å²) in [6.07, 6.45) is 2.41. The smallest absolute Gasteiger partial charge is 0.387 e. The molecule has 0 unspecified atom stereocenters. The highest BCUT2D eigenvalue weighted by atomic mass is 32.2. The van der Waals surface area contributed by atoms with Crippen LogP contribution in [-0.2, 0) is 4.74 Å². The minimum atomic E-state index is -2.77.